The highest BCUT2D eigenvalue weighted by molar-refractivity contribution is 5.38. The maximum atomic E-state index is 5.94. The van der Waals surface area contributed by atoms with Crippen molar-refractivity contribution in [3.63, 3.8) is 0 Å². The molecule has 0 aromatic heterocycles. The zero-order valence-corrected chi connectivity index (χ0v) is 10.8. The third-order valence-electron chi connectivity index (χ3n) is 2.88. The monoisotopic (exact) mass is 221 g/mol. The Kier molecular flexibility index (Phi) is 4.81. The second-order valence-electron chi connectivity index (χ2n) is 4.65. The minimum Gasteiger partial charge on any atom is -0.493 e. The van der Waals surface area contributed by atoms with E-state index in [1.54, 1.807) is 0 Å². The van der Waals surface area contributed by atoms with E-state index in [9.17, 15) is 0 Å². The summed E-state index contributed by atoms with van der Waals surface area (Å²) in [5.74, 6) is 1.52. The van der Waals surface area contributed by atoms with Crippen LogP contribution >= 0.6 is 0 Å². The second-order valence-corrected chi connectivity index (χ2v) is 4.65. The maximum absolute atomic E-state index is 5.94. The third kappa shape index (κ3) is 3.53. The average molecular weight is 221 g/mol. The first-order valence-electron chi connectivity index (χ1n) is 6.03. The van der Waals surface area contributed by atoms with Crippen molar-refractivity contribution in [2.45, 2.75) is 40.2 Å². The summed E-state index contributed by atoms with van der Waals surface area (Å²) in [5.41, 5.74) is 8.27. The number of nitrogens with two attached hydrogens (primary N) is 1. The molecular weight excluding hydrogens is 198 g/mol. The van der Waals surface area contributed by atoms with E-state index in [4.69, 9.17) is 10.5 Å². The Bertz CT molecular complexity index is 334. The maximum Gasteiger partial charge on any atom is 0.124 e. The molecule has 0 fully saturated rings. The molecule has 2 heteroatoms. The van der Waals surface area contributed by atoms with Crippen LogP contribution in [0.4, 0.5) is 0 Å². The molecule has 2 atom stereocenters. The Labute approximate surface area is 98.8 Å². The highest BCUT2D eigenvalue weighted by Gasteiger charge is 2.09. The van der Waals surface area contributed by atoms with Crippen LogP contribution in [0.1, 0.15) is 44.4 Å². The number of hydrogen-bond donors (Lipinski definition) is 1. The van der Waals surface area contributed by atoms with Gasteiger partial charge in [0.1, 0.15) is 5.75 Å². The Balaban J connectivity index is 2.78. The van der Waals surface area contributed by atoms with Crippen molar-refractivity contribution in [3.8, 4) is 5.75 Å². The molecular formula is C14H23NO. The lowest BCUT2D eigenvalue weighted by Gasteiger charge is -2.17. The molecule has 2 nitrogen and oxygen atoms in total. The van der Waals surface area contributed by atoms with Gasteiger partial charge in [0.2, 0.25) is 0 Å². The summed E-state index contributed by atoms with van der Waals surface area (Å²) in [6, 6.07) is 6.22. The lowest BCUT2D eigenvalue weighted by atomic mass is 10.0. The second kappa shape index (κ2) is 5.90. The average Bonchev–Trinajstić information content (AvgIpc) is 2.26. The lowest BCUT2D eigenvalue weighted by molar-refractivity contribution is 0.253. The molecule has 0 aliphatic heterocycles. The van der Waals surface area contributed by atoms with Crippen molar-refractivity contribution in [2.24, 2.45) is 11.7 Å². The normalized spacial score (nSPS) is 14.6. The molecule has 0 aliphatic rings. The van der Waals surface area contributed by atoms with Gasteiger partial charge in [-0.25, -0.2) is 0 Å². The smallest absolute Gasteiger partial charge is 0.124 e. The topological polar surface area (TPSA) is 35.2 Å². The van der Waals surface area contributed by atoms with Gasteiger partial charge in [-0.05, 0) is 25.8 Å². The largest absolute Gasteiger partial charge is 0.493 e. The minimum atomic E-state index is 0.0202. The van der Waals surface area contributed by atoms with E-state index < -0.39 is 0 Å². The molecule has 0 spiro atoms. The number of benzene rings is 1. The van der Waals surface area contributed by atoms with Gasteiger partial charge in [-0.1, -0.05) is 38.0 Å². The van der Waals surface area contributed by atoms with Crippen LogP contribution < -0.4 is 10.5 Å². The van der Waals surface area contributed by atoms with Crippen molar-refractivity contribution < 1.29 is 4.74 Å². The minimum absolute atomic E-state index is 0.0202. The van der Waals surface area contributed by atoms with Crippen LogP contribution in [-0.2, 0) is 0 Å². The summed E-state index contributed by atoms with van der Waals surface area (Å²) < 4.78 is 5.83. The van der Waals surface area contributed by atoms with E-state index in [0.717, 1.165) is 24.3 Å². The SMILES string of the molecule is CCC(C)COc1ccc(C)cc1[C@H](C)N. The summed E-state index contributed by atoms with van der Waals surface area (Å²) in [6.45, 7) is 9.20. The molecule has 1 unspecified atom stereocenters. The Morgan fingerprint density at radius 2 is 2.00 bits per heavy atom. The number of hydrogen-bond acceptors (Lipinski definition) is 2. The fourth-order valence-electron chi connectivity index (χ4n) is 1.51. The summed E-state index contributed by atoms with van der Waals surface area (Å²) in [6.07, 6.45) is 1.14. The molecule has 16 heavy (non-hydrogen) atoms. The molecule has 0 amide bonds. The number of ether oxygens (including phenoxy) is 1. The van der Waals surface area contributed by atoms with Gasteiger partial charge >= 0.3 is 0 Å². The van der Waals surface area contributed by atoms with Gasteiger partial charge in [-0.2, -0.15) is 0 Å². The zero-order chi connectivity index (χ0) is 12.1. The van der Waals surface area contributed by atoms with E-state index in [0.29, 0.717) is 5.92 Å². The highest BCUT2D eigenvalue weighted by atomic mass is 16.5. The number of aryl methyl sites for hydroxylation is 1. The molecule has 0 saturated carbocycles. The van der Waals surface area contributed by atoms with Crippen LogP contribution in [0.3, 0.4) is 0 Å². The van der Waals surface area contributed by atoms with Crippen LogP contribution in [0.15, 0.2) is 18.2 Å². The Morgan fingerprint density at radius 1 is 1.31 bits per heavy atom. The standard InChI is InChI=1S/C14H23NO/c1-5-10(2)9-16-14-7-6-11(3)8-13(14)12(4)15/h6-8,10,12H,5,9,15H2,1-4H3/t10?,12-/m0/s1. The quantitative estimate of drug-likeness (QED) is 0.826. The lowest BCUT2D eigenvalue weighted by Crippen LogP contribution is -2.12. The fraction of sp³-hybridized carbons (Fsp3) is 0.571. The van der Waals surface area contributed by atoms with Crippen molar-refractivity contribution in [1.29, 1.82) is 0 Å². The molecule has 0 bridgehead atoms. The van der Waals surface area contributed by atoms with Crippen LogP contribution in [0.2, 0.25) is 0 Å². The third-order valence-corrected chi connectivity index (χ3v) is 2.88. The fourth-order valence-corrected chi connectivity index (χ4v) is 1.51. The molecule has 2 N–H and O–H groups in total. The van der Waals surface area contributed by atoms with Crippen LogP contribution in [0.25, 0.3) is 0 Å². The van der Waals surface area contributed by atoms with Crippen LogP contribution in [0, 0.1) is 12.8 Å². The molecule has 0 radical (unpaired) electrons. The van der Waals surface area contributed by atoms with E-state index >= 15 is 0 Å². The van der Waals surface area contributed by atoms with Gasteiger partial charge < -0.3 is 10.5 Å². The molecule has 0 heterocycles. The zero-order valence-electron chi connectivity index (χ0n) is 10.8. The predicted molar refractivity (Wildman–Crippen MR) is 68.7 cm³/mol. The molecule has 90 valence electrons. The van der Waals surface area contributed by atoms with Gasteiger partial charge in [-0.15, -0.1) is 0 Å². The van der Waals surface area contributed by atoms with Crippen molar-refractivity contribution >= 4 is 0 Å². The summed E-state index contributed by atoms with van der Waals surface area (Å²) in [4.78, 5) is 0. The highest BCUT2D eigenvalue weighted by Crippen LogP contribution is 2.25. The van der Waals surface area contributed by atoms with Crippen LogP contribution in [-0.4, -0.2) is 6.61 Å². The summed E-state index contributed by atoms with van der Waals surface area (Å²) in [5, 5.41) is 0. The predicted octanol–water partition coefficient (Wildman–Crippen LogP) is 3.44. The molecule has 0 aliphatic carbocycles. The molecule has 1 aromatic rings. The Morgan fingerprint density at radius 3 is 2.56 bits per heavy atom. The van der Waals surface area contributed by atoms with Crippen LogP contribution in [0.5, 0.6) is 5.75 Å². The number of rotatable bonds is 5. The first-order valence-corrected chi connectivity index (χ1v) is 6.03. The van der Waals surface area contributed by atoms with Crippen molar-refractivity contribution in [2.75, 3.05) is 6.61 Å². The van der Waals surface area contributed by atoms with E-state index in [2.05, 4.69) is 32.9 Å². The van der Waals surface area contributed by atoms with Crippen molar-refractivity contribution in [1.82, 2.24) is 0 Å². The van der Waals surface area contributed by atoms with Gasteiger partial charge in [0, 0.05) is 11.6 Å². The Hall–Kier alpha value is -1.02. The summed E-state index contributed by atoms with van der Waals surface area (Å²) >= 11 is 0. The van der Waals surface area contributed by atoms with Crippen molar-refractivity contribution in [3.05, 3.63) is 29.3 Å². The molecule has 0 saturated heterocycles. The van der Waals surface area contributed by atoms with Gasteiger partial charge in [0.05, 0.1) is 6.61 Å². The van der Waals surface area contributed by atoms with Gasteiger partial charge in [0.15, 0.2) is 0 Å². The molecule has 1 rings (SSSR count). The van der Waals surface area contributed by atoms with E-state index in [1.165, 1.54) is 5.56 Å². The summed E-state index contributed by atoms with van der Waals surface area (Å²) in [7, 11) is 0. The first kappa shape index (κ1) is 13.0. The van der Waals surface area contributed by atoms with E-state index in [1.807, 2.05) is 13.0 Å². The first-order chi connectivity index (χ1) is 7.54. The molecule has 1 aromatic carbocycles. The van der Waals surface area contributed by atoms with Gasteiger partial charge in [0.25, 0.3) is 0 Å². The van der Waals surface area contributed by atoms with Gasteiger partial charge in [-0.3, -0.25) is 0 Å². The van der Waals surface area contributed by atoms with E-state index in [-0.39, 0.29) is 6.04 Å².